The number of halogens is 1. The zero-order valence-corrected chi connectivity index (χ0v) is 13.5. The van der Waals surface area contributed by atoms with Gasteiger partial charge in [0.15, 0.2) is 0 Å². The average Bonchev–Trinajstić information content (AvgIpc) is 2.47. The van der Waals surface area contributed by atoms with Gasteiger partial charge in [0.2, 0.25) is 0 Å². The molecule has 1 aliphatic rings. The second kappa shape index (κ2) is 6.71. The number of pyridine rings is 1. The highest BCUT2D eigenvalue weighted by Gasteiger charge is 2.37. The first-order valence-electron chi connectivity index (χ1n) is 7.29. The third kappa shape index (κ3) is 3.48. The van der Waals surface area contributed by atoms with E-state index >= 15 is 0 Å². The molecule has 1 saturated heterocycles. The minimum Gasteiger partial charge on any atom is -0.368 e. The van der Waals surface area contributed by atoms with Crippen molar-refractivity contribution in [3.05, 3.63) is 22.8 Å². The maximum atomic E-state index is 4.38. The van der Waals surface area contributed by atoms with Crippen LogP contribution < -0.4 is 10.6 Å². The lowest BCUT2D eigenvalue weighted by atomic mass is 9.70. The van der Waals surface area contributed by atoms with E-state index in [9.17, 15) is 0 Å². The van der Waals surface area contributed by atoms with E-state index < -0.39 is 0 Å². The Morgan fingerprint density at radius 2 is 2.21 bits per heavy atom. The van der Waals surface area contributed by atoms with Crippen molar-refractivity contribution in [2.24, 2.45) is 5.41 Å². The molecular weight excluding hydrogens is 302 g/mol. The Labute approximate surface area is 124 Å². The molecule has 1 aliphatic heterocycles. The van der Waals surface area contributed by atoms with E-state index in [1.807, 2.05) is 18.3 Å². The minimum absolute atomic E-state index is 0.445. The van der Waals surface area contributed by atoms with Crippen molar-refractivity contribution in [1.29, 1.82) is 0 Å². The van der Waals surface area contributed by atoms with Gasteiger partial charge in [-0.2, -0.15) is 0 Å². The summed E-state index contributed by atoms with van der Waals surface area (Å²) in [6.45, 7) is 6.74. The summed E-state index contributed by atoms with van der Waals surface area (Å²) in [7, 11) is 0. The number of aromatic nitrogens is 1. The van der Waals surface area contributed by atoms with Crippen LogP contribution in [-0.4, -0.2) is 24.1 Å². The van der Waals surface area contributed by atoms with Gasteiger partial charge in [-0.25, -0.2) is 4.98 Å². The molecule has 0 spiro atoms. The van der Waals surface area contributed by atoms with Gasteiger partial charge in [-0.05, 0) is 65.7 Å². The van der Waals surface area contributed by atoms with E-state index in [0.717, 1.165) is 23.4 Å². The minimum atomic E-state index is 0.445. The third-order valence-corrected chi connectivity index (χ3v) is 5.07. The predicted octanol–water partition coefficient (Wildman–Crippen LogP) is 3.81. The summed E-state index contributed by atoms with van der Waals surface area (Å²) in [4.78, 5) is 4.38. The Bertz CT molecular complexity index is 387. The van der Waals surface area contributed by atoms with Crippen molar-refractivity contribution < 1.29 is 0 Å². The van der Waals surface area contributed by atoms with Gasteiger partial charge in [-0.3, -0.25) is 0 Å². The molecule has 0 saturated carbocycles. The number of hydrogen-bond acceptors (Lipinski definition) is 3. The summed E-state index contributed by atoms with van der Waals surface area (Å²) in [5.41, 5.74) is 0.445. The molecule has 19 heavy (non-hydrogen) atoms. The Kier molecular flexibility index (Phi) is 5.22. The predicted molar refractivity (Wildman–Crippen MR) is 84.5 cm³/mol. The molecule has 0 bridgehead atoms. The Balaban J connectivity index is 1.98. The lowest BCUT2D eigenvalue weighted by molar-refractivity contribution is 0.128. The summed E-state index contributed by atoms with van der Waals surface area (Å²) < 4.78 is 1.02. The fraction of sp³-hybridized carbons (Fsp3) is 0.667. The highest BCUT2D eigenvalue weighted by molar-refractivity contribution is 9.10. The van der Waals surface area contributed by atoms with Gasteiger partial charge in [0, 0.05) is 23.3 Å². The number of piperidine rings is 1. The molecule has 1 aromatic heterocycles. The summed E-state index contributed by atoms with van der Waals surface area (Å²) in [6.07, 6.45) is 6.97. The van der Waals surface area contributed by atoms with E-state index in [2.05, 4.69) is 45.4 Å². The molecule has 2 N–H and O–H groups in total. The molecule has 2 rings (SSSR count). The first-order valence-corrected chi connectivity index (χ1v) is 8.08. The number of rotatable bonds is 5. The molecule has 2 heterocycles. The monoisotopic (exact) mass is 325 g/mol. The molecule has 0 amide bonds. The van der Waals surface area contributed by atoms with Crippen LogP contribution in [0.1, 0.15) is 39.5 Å². The van der Waals surface area contributed by atoms with Gasteiger partial charge < -0.3 is 10.6 Å². The van der Waals surface area contributed by atoms with Crippen molar-refractivity contribution in [1.82, 2.24) is 10.3 Å². The largest absolute Gasteiger partial charge is 0.368 e. The Morgan fingerprint density at radius 1 is 1.42 bits per heavy atom. The molecular formula is C15H24BrN3. The third-order valence-electron chi connectivity index (χ3n) is 4.60. The number of anilines is 1. The zero-order chi connectivity index (χ0) is 13.7. The molecule has 1 atom stereocenters. The fourth-order valence-corrected chi connectivity index (χ4v) is 3.41. The molecule has 0 aromatic carbocycles. The van der Waals surface area contributed by atoms with Crippen LogP contribution >= 0.6 is 15.9 Å². The Morgan fingerprint density at radius 3 is 2.84 bits per heavy atom. The smallest absolute Gasteiger partial charge is 0.126 e. The van der Waals surface area contributed by atoms with Gasteiger partial charge in [-0.15, -0.1) is 0 Å². The lowest BCUT2D eigenvalue weighted by Crippen LogP contribution is -2.52. The van der Waals surface area contributed by atoms with Crippen molar-refractivity contribution in [2.45, 2.75) is 45.6 Å². The highest BCUT2D eigenvalue weighted by atomic mass is 79.9. The first kappa shape index (κ1) is 14.8. The van der Waals surface area contributed by atoms with Crippen LogP contribution in [0.5, 0.6) is 0 Å². The van der Waals surface area contributed by atoms with Crippen LogP contribution in [0.4, 0.5) is 5.82 Å². The number of nitrogens with one attached hydrogen (secondary N) is 2. The fourth-order valence-electron chi connectivity index (χ4n) is 3.18. The molecule has 0 radical (unpaired) electrons. The van der Waals surface area contributed by atoms with E-state index in [-0.39, 0.29) is 0 Å². The van der Waals surface area contributed by atoms with Gasteiger partial charge in [0.05, 0.1) is 0 Å². The van der Waals surface area contributed by atoms with Crippen LogP contribution in [0.2, 0.25) is 0 Å². The molecule has 1 aromatic rings. The first-order chi connectivity index (χ1) is 9.20. The van der Waals surface area contributed by atoms with Gasteiger partial charge >= 0.3 is 0 Å². The standard InChI is InChI=1S/C15H24BrN3/c1-3-15(4-2)8-5-9-17-13(15)11-19-14-7-6-12(16)10-18-14/h6-7,10,13,17H,3-5,8-9,11H2,1-2H3,(H,18,19). The van der Waals surface area contributed by atoms with E-state index in [4.69, 9.17) is 0 Å². The topological polar surface area (TPSA) is 37.0 Å². The SMILES string of the molecule is CCC1(CC)CCCNC1CNc1ccc(Br)cn1. The van der Waals surface area contributed by atoms with Crippen molar-refractivity contribution >= 4 is 21.7 Å². The maximum absolute atomic E-state index is 4.38. The molecule has 106 valence electrons. The summed E-state index contributed by atoms with van der Waals surface area (Å²) in [5, 5.41) is 7.16. The number of nitrogens with zero attached hydrogens (tertiary/aromatic N) is 1. The van der Waals surface area contributed by atoms with Crippen molar-refractivity contribution in [2.75, 3.05) is 18.4 Å². The molecule has 0 aliphatic carbocycles. The molecule has 3 nitrogen and oxygen atoms in total. The van der Waals surface area contributed by atoms with Crippen LogP contribution in [-0.2, 0) is 0 Å². The Hall–Kier alpha value is -0.610. The second-order valence-electron chi connectivity index (χ2n) is 5.42. The van der Waals surface area contributed by atoms with Crippen LogP contribution in [0.25, 0.3) is 0 Å². The van der Waals surface area contributed by atoms with Crippen molar-refractivity contribution in [3.63, 3.8) is 0 Å². The quantitative estimate of drug-likeness (QED) is 0.864. The van der Waals surface area contributed by atoms with E-state index in [0.29, 0.717) is 11.5 Å². The average molecular weight is 326 g/mol. The second-order valence-corrected chi connectivity index (χ2v) is 6.34. The molecule has 4 heteroatoms. The van der Waals surface area contributed by atoms with Gasteiger partial charge in [0.1, 0.15) is 5.82 Å². The van der Waals surface area contributed by atoms with Gasteiger partial charge in [0.25, 0.3) is 0 Å². The maximum Gasteiger partial charge on any atom is 0.126 e. The lowest BCUT2D eigenvalue weighted by Gasteiger charge is -2.44. The zero-order valence-electron chi connectivity index (χ0n) is 11.9. The van der Waals surface area contributed by atoms with Gasteiger partial charge in [-0.1, -0.05) is 13.8 Å². The number of hydrogen-bond donors (Lipinski definition) is 2. The highest BCUT2D eigenvalue weighted by Crippen LogP contribution is 2.38. The van der Waals surface area contributed by atoms with Crippen LogP contribution in [0.3, 0.4) is 0 Å². The molecule has 1 unspecified atom stereocenters. The van der Waals surface area contributed by atoms with Crippen LogP contribution in [0.15, 0.2) is 22.8 Å². The van der Waals surface area contributed by atoms with Crippen molar-refractivity contribution in [3.8, 4) is 0 Å². The molecule has 1 fully saturated rings. The summed E-state index contributed by atoms with van der Waals surface area (Å²) in [6, 6.07) is 4.59. The summed E-state index contributed by atoms with van der Waals surface area (Å²) >= 11 is 3.41. The normalized spacial score (nSPS) is 22.2. The van der Waals surface area contributed by atoms with Crippen LogP contribution in [0, 0.1) is 5.41 Å². The van der Waals surface area contributed by atoms with E-state index in [1.54, 1.807) is 0 Å². The summed E-state index contributed by atoms with van der Waals surface area (Å²) in [5.74, 6) is 0.955. The van der Waals surface area contributed by atoms with E-state index in [1.165, 1.54) is 25.7 Å².